The zero-order chi connectivity index (χ0) is 21.4. The van der Waals surface area contributed by atoms with E-state index in [1.165, 1.54) is 0 Å². The van der Waals surface area contributed by atoms with Crippen LogP contribution >= 0.6 is 28.1 Å². The number of para-hydroxylation sites is 2. The number of aromatic nitrogens is 2. The molecule has 2 unspecified atom stereocenters. The number of rotatable bonds is 4. The lowest BCUT2D eigenvalue weighted by Gasteiger charge is -2.29. The summed E-state index contributed by atoms with van der Waals surface area (Å²) in [7, 11) is 0. The van der Waals surface area contributed by atoms with Gasteiger partial charge >= 0.3 is 0 Å². The monoisotopic (exact) mass is 490 g/mol. The minimum absolute atomic E-state index is 0.181. The topological polar surface area (TPSA) is 53.3 Å². The molecule has 0 aliphatic carbocycles. The van der Waals surface area contributed by atoms with E-state index in [0.717, 1.165) is 21.5 Å². The van der Waals surface area contributed by atoms with Crippen LogP contribution in [0.1, 0.15) is 23.5 Å². The predicted molar refractivity (Wildman–Crippen MR) is 130 cm³/mol. The molecule has 31 heavy (non-hydrogen) atoms. The molecule has 1 aliphatic rings. The number of anilines is 1. The first-order valence-corrected chi connectivity index (χ1v) is 11.1. The first-order chi connectivity index (χ1) is 15.1. The molecule has 0 amide bonds. The van der Waals surface area contributed by atoms with Crippen molar-refractivity contribution in [1.82, 2.24) is 14.9 Å². The molecule has 5 nitrogen and oxygen atoms in total. The van der Waals surface area contributed by atoms with Gasteiger partial charge in [0.25, 0.3) is 0 Å². The van der Waals surface area contributed by atoms with E-state index in [1.807, 2.05) is 59.6 Å². The summed E-state index contributed by atoms with van der Waals surface area (Å²) < 4.78 is 3.17. The third-order valence-electron chi connectivity index (χ3n) is 5.43. The fourth-order valence-electron chi connectivity index (χ4n) is 4.05. The van der Waals surface area contributed by atoms with Crippen LogP contribution in [0.5, 0.6) is 5.75 Å². The minimum atomic E-state index is -0.214. The Morgan fingerprint density at radius 3 is 2.45 bits per heavy atom. The van der Waals surface area contributed by atoms with Gasteiger partial charge in [-0.2, -0.15) is 0 Å². The lowest BCUT2D eigenvalue weighted by Crippen LogP contribution is -2.30. The number of hydrogen-bond acceptors (Lipinski definition) is 3. The van der Waals surface area contributed by atoms with Gasteiger partial charge in [0.15, 0.2) is 5.11 Å². The maximum atomic E-state index is 10.6. The molecule has 154 valence electrons. The maximum absolute atomic E-state index is 10.6. The van der Waals surface area contributed by atoms with Crippen molar-refractivity contribution < 1.29 is 5.11 Å². The van der Waals surface area contributed by atoms with E-state index in [4.69, 9.17) is 12.2 Å². The number of thiocarbonyl (C=S) groups is 1. The lowest BCUT2D eigenvalue weighted by molar-refractivity contribution is 0.472. The van der Waals surface area contributed by atoms with E-state index in [1.54, 1.807) is 18.3 Å². The molecule has 2 N–H and O–H groups in total. The molecule has 1 fully saturated rings. The van der Waals surface area contributed by atoms with Crippen LogP contribution in [0.4, 0.5) is 5.69 Å². The Morgan fingerprint density at radius 1 is 0.935 bits per heavy atom. The molecule has 7 heteroatoms. The minimum Gasteiger partial charge on any atom is -0.506 e. The van der Waals surface area contributed by atoms with Gasteiger partial charge in [0, 0.05) is 28.2 Å². The molecule has 2 aromatic heterocycles. The Morgan fingerprint density at radius 2 is 1.71 bits per heavy atom. The van der Waals surface area contributed by atoms with Crippen LogP contribution in [0.3, 0.4) is 0 Å². The summed E-state index contributed by atoms with van der Waals surface area (Å²) in [6.07, 6.45) is 3.83. The Hall–Kier alpha value is -3.16. The van der Waals surface area contributed by atoms with Gasteiger partial charge in [-0.1, -0.05) is 34.1 Å². The molecular weight excluding hydrogens is 472 g/mol. The number of phenols is 1. The van der Waals surface area contributed by atoms with Crippen molar-refractivity contribution >= 4 is 38.9 Å². The first-order valence-electron chi connectivity index (χ1n) is 9.85. The van der Waals surface area contributed by atoms with E-state index in [2.05, 4.69) is 49.0 Å². The Kier molecular flexibility index (Phi) is 5.21. The number of aromatic hydroxyl groups is 1. The predicted octanol–water partition coefficient (Wildman–Crippen LogP) is 5.52. The quantitative estimate of drug-likeness (QED) is 0.369. The second-order valence-corrected chi connectivity index (χ2v) is 8.57. The third-order valence-corrected chi connectivity index (χ3v) is 6.27. The average Bonchev–Trinajstić information content (AvgIpc) is 3.40. The third kappa shape index (κ3) is 3.60. The SMILES string of the molecule is Oc1ccccc1N1C(=S)NC(c2ccccn2)C1c1cccn1-c1ccc(Br)cc1. The number of hydrogen-bond donors (Lipinski definition) is 2. The summed E-state index contributed by atoms with van der Waals surface area (Å²) in [5.74, 6) is 0.181. The highest BCUT2D eigenvalue weighted by Gasteiger charge is 2.42. The summed E-state index contributed by atoms with van der Waals surface area (Å²) in [4.78, 5) is 6.57. The normalized spacial score (nSPS) is 18.2. The van der Waals surface area contributed by atoms with Crippen molar-refractivity contribution in [3.05, 3.63) is 107 Å². The van der Waals surface area contributed by atoms with E-state index in [0.29, 0.717) is 10.8 Å². The largest absolute Gasteiger partial charge is 0.506 e. The molecule has 1 saturated heterocycles. The van der Waals surface area contributed by atoms with Crippen molar-refractivity contribution in [3.8, 4) is 11.4 Å². The number of pyridine rings is 1. The van der Waals surface area contributed by atoms with Gasteiger partial charge in [-0.3, -0.25) is 4.98 Å². The zero-order valence-electron chi connectivity index (χ0n) is 16.4. The molecule has 5 rings (SSSR count). The summed E-state index contributed by atoms with van der Waals surface area (Å²) >= 11 is 9.26. The molecule has 0 saturated carbocycles. The van der Waals surface area contributed by atoms with E-state index >= 15 is 0 Å². The second kappa shape index (κ2) is 8.17. The number of nitrogens with one attached hydrogen (secondary N) is 1. The van der Waals surface area contributed by atoms with Gasteiger partial charge in [-0.25, -0.2) is 0 Å². The highest BCUT2D eigenvalue weighted by atomic mass is 79.9. The number of phenolic OH excluding ortho intramolecular Hbond substituents is 1. The van der Waals surface area contributed by atoms with E-state index in [9.17, 15) is 5.11 Å². The second-order valence-electron chi connectivity index (χ2n) is 7.26. The van der Waals surface area contributed by atoms with Crippen molar-refractivity contribution in [1.29, 1.82) is 0 Å². The van der Waals surface area contributed by atoms with Crippen LogP contribution in [0.2, 0.25) is 0 Å². The molecule has 0 spiro atoms. The molecule has 1 aliphatic heterocycles. The molecule has 0 radical (unpaired) electrons. The zero-order valence-corrected chi connectivity index (χ0v) is 18.8. The first kappa shape index (κ1) is 19.8. The van der Waals surface area contributed by atoms with E-state index < -0.39 is 0 Å². The van der Waals surface area contributed by atoms with Gasteiger partial charge < -0.3 is 19.9 Å². The average molecular weight is 491 g/mol. The summed E-state index contributed by atoms with van der Waals surface area (Å²) in [5, 5.41) is 14.6. The fraction of sp³-hybridized carbons (Fsp3) is 0.0833. The lowest BCUT2D eigenvalue weighted by atomic mass is 10.0. The highest BCUT2D eigenvalue weighted by Crippen LogP contribution is 2.44. The number of halogens is 1. The number of nitrogens with zero attached hydrogens (tertiary/aromatic N) is 3. The Labute approximate surface area is 194 Å². The van der Waals surface area contributed by atoms with Gasteiger partial charge in [0.05, 0.1) is 17.4 Å². The molecule has 2 aromatic carbocycles. The van der Waals surface area contributed by atoms with Gasteiger partial charge in [0.2, 0.25) is 0 Å². The maximum Gasteiger partial charge on any atom is 0.174 e. The van der Waals surface area contributed by atoms with Crippen molar-refractivity contribution in [2.45, 2.75) is 12.1 Å². The van der Waals surface area contributed by atoms with Gasteiger partial charge in [0.1, 0.15) is 11.8 Å². The Bertz CT molecular complexity index is 1230. The smallest absolute Gasteiger partial charge is 0.174 e. The van der Waals surface area contributed by atoms with Crippen molar-refractivity contribution in [3.63, 3.8) is 0 Å². The van der Waals surface area contributed by atoms with Crippen LogP contribution in [0.25, 0.3) is 5.69 Å². The van der Waals surface area contributed by atoms with Crippen LogP contribution in [0, 0.1) is 0 Å². The van der Waals surface area contributed by atoms with Gasteiger partial charge in [-0.15, -0.1) is 0 Å². The highest BCUT2D eigenvalue weighted by molar-refractivity contribution is 9.10. The van der Waals surface area contributed by atoms with Crippen LogP contribution in [0.15, 0.2) is 95.7 Å². The van der Waals surface area contributed by atoms with Crippen LogP contribution in [-0.4, -0.2) is 19.8 Å². The summed E-state index contributed by atoms with van der Waals surface area (Å²) in [6.45, 7) is 0. The standard InChI is InChI=1S/C24H19BrN4OS/c25-16-10-12-17(13-11-16)28-15-5-8-20(28)23-22(18-6-3-4-14-26-18)27-24(31)29(23)19-7-1-2-9-21(19)30/h1-15,22-23,30H,(H,27,31). The van der Waals surface area contributed by atoms with Gasteiger partial charge in [-0.05, 0) is 72.9 Å². The van der Waals surface area contributed by atoms with E-state index in [-0.39, 0.29) is 17.8 Å². The summed E-state index contributed by atoms with van der Waals surface area (Å²) in [5.41, 5.74) is 3.62. The number of benzene rings is 2. The van der Waals surface area contributed by atoms with Crippen LogP contribution in [-0.2, 0) is 0 Å². The molecule has 0 bridgehead atoms. The van der Waals surface area contributed by atoms with Crippen LogP contribution < -0.4 is 10.2 Å². The molecule has 3 heterocycles. The Balaban J connectivity index is 1.68. The molecule has 2 atom stereocenters. The van der Waals surface area contributed by atoms with Crippen molar-refractivity contribution in [2.24, 2.45) is 0 Å². The fourth-order valence-corrected chi connectivity index (χ4v) is 4.66. The molecular formula is C24H19BrN4OS. The summed E-state index contributed by atoms with van der Waals surface area (Å²) in [6, 6.07) is 25.0. The van der Waals surface area contributed by atoms with Crippen molar-refractivity contribution in [2.75, 3.05) is 4.90 Å². The molecule has 4 aromatic rings.